The van der Waals surface area contributed by atoms with Crippen LogP contribution < -0.4 is 0 Å². The molecule has 0 spiro atoms. The Morgan fingerprint density at radius 1 is 1.20 bits per heavy atom. The fourth-order valence-corrected chi connectivity index (χ4v) is 4.88. The van der Waals surface area contributed by atoms with E-state index < -0.39 is 10.0 Å². The van der Waals surface area contributed by atoms with E-state index in [1.807, 2.05) is 6.07 Å². The molecule has 1 aromatic carbocycles. The van der Waals surface area contributed by atoms with Crippen LogP contribution in [0.5, 0.6) is 0 Å². The van der Waals surface area contributed by atoms with E-state index in [0.717, 1.165) is 12.8 Å². The first-order chi connectivity index (χ1) is 12.0. The number of piperazine rings is 1. The van der Waals surface area contributed by atoms with Crippen LogP contribution in [0.15, 0.2) is 41.3 Å². The van der Waals surface area contributed by atoms with E-state index in [0.29, 0.717) is 25.4 Å². The standard InChI is InChI=1S/C18H21N3O3S/c19-14-16-7-3-4-8-17(16)25(23,24)21-11-9-20(10-12-21)18(22)13-15-5-1-2-6-15/h1,3-5,7-8,15H,2,6,9-13H2. The van der Waals surface area contributed by atoms with Crippen molar-refractivity contribution >= 4 is 15.9 Å². The summed E-state index contributed by atoms with van der Waals surface area (Å²) < 4.78 is 26.9. The number of nitriles is 1. The molecule has 1 unspecified atom stereocenters. The Hall–Kier alpha value is -2.17. The molecule has 1 amide bonds. The zero-order valence-electron chi connectivity index (χ0n) is 14.0. The number of allylic oxidation sites excluding steroid dienone is 2. The summed E-state index contributed by atoms with van der Waals surface area (Å²) >= 11 is 0. The van der Waals surface area contributed by atoms with Crippen LogP contribution in [-0.4, -0.2) is 49.7 Å². The minimum absolute atomic E-state index is 0.0355. The monoisotopic (exact) mass is 359 g/mol. The first kappa shape index (κ1) is 17.6. The highest BCUT2D eigenvalue weighted by Gasteiger charge is 2.32. The molecule has 1 aliphatic heterocycles. The fourth-order valence-electron chi connectivity index (χ4n) is 3.32. The number of hydrogen-bond acceptors (Lipinski definition) is 4. The molecule has 1 saturated heterocycles. The van der Waals surface area contributed by atoms with Crippen molar-refractivity contribution in [2.24, 2.45) is 5.92 Å². The summed E-state index contributed by atoms with van der Waals surface area (Å²) in [5, 5.41) is 9.14. The predicted octanol–water partition coefficient (Wildman–Crippen LogP) is 1.75. The van der Waals surface area contributed by atoms with Crippen molar-refractivity contribution in [2.75, 3.05) is 26.2 Å². The molecular formula is C18H21N3O3S. The highest BCUT2D eigenvalue weighted by molar-refractivity contribution is 7.89. The van der Waals surface area contributed by atoms with E-state index in [1.54, 1.807) is 17.0 Å². The van der Waals surface area contributed by atoms with Gasteiger partial charge in [0, 0.05) is 32.6 Å². The summed E-state index contributed by atoms with van der Waals surface area (Å²) in [6.45, 7) is 1.30. The van der Waals surface area contributed by atoms with E-state index in [1.165, 1.54) is 16.4 Å². The molecular weight excluding hydrogens is 338 g/mol. The molecule has 1 atom stereocenters. The summed E-state index contributed by atoms with van der Waals surface area (Å²) in [7, 11) is -3.71. The molecule has 0 N–H and O–H groups in total. The largest absolute Gasteiger partial charge is 0.340 e. The van der Waals surface area contributed by atoms with Crippen LogP contribution in [0.2, 0.25) is 0 Å². The van der Waals surface area contributed by atoms with Crippen molar-refractivity contribution in [1.29, 1.82) is 5.26 Å². The van der Waals surface area contributed by atoms with Gasteiger partial charge >= 0.3 is 0 Å². The summed E-state index contributed by atoms with van der Waals surface area (Å²) in [4.78, 5) is 14.1. The van der Waals surface area contributed by atoms with Gasteiger partial charge in [-0.2, -0.15) is 9.57 Å². The van der Waals surface area contributed by atoms with Crippen LogP contribution in [0.3, 0.4) is 0 Å². The van der Waals surface area contributed by atoms with Gasteiger partial charge in [0.2, 0.25) is 15.9 Å². The van der Waals surface area contributed by atoms with Gasteiger partial charge in [0.1, 0.15) is 6.07 Å². The van der Waals surface area contributed by atoms with Gasteiger partial charge in [0.15, 0.2) is 0 Å². The number of hydrogen-bond donors (Lipinski definition) is 0. The van der Waals surface area contributed by atoms with Crippen molar-refractivity contribution < 1.29 is 13.2 Å². The average Bonchev–Trinajstić information content (AvgIpc) is 3.14. The second-order valence-corrected chi connectivity index (χ2v) is 8.27. The Kier molecular flexibility index (Phi) is 5.21. The van der Waals surface area contributed by atoms with Crippen LogP contribution in [-0.2, 0) is 14.8 Å². The van der Waals surface area contributed by atoms with Gasteiger partial charge in [0.25, 0.3) is 0 Å². The molecule has 0 aromatic heterocycles. The third-order valence-electron chi connectivity index (χ3n) is 4.77. The lowest BCUT2D eigenvalue weighted by Gasteiger charge is -2.34. The molecule has 3 rings (SSSR count). The fraction of sp³-hybridized carbons (Fsp3) is 0.444. The number of rotatable bonds is 4. The van der Waals surface area contributed by atoms with Gasteiger partial charge in [-0.05, 0) is 30.9 Å². The minimum atomic E-state index is -3.71. The van der Waals surface area contributed by atoms with E-state index in [4.69, 9.17) is 5.26 Å². The Morgan fingerprint density at radius 3 is 2.56 bits per heavy atom. The van der Waals surface area contributed by atoms with E-state index in [2.05, 4.69) is 12.2 Å². The highest BCUT2D eigenvalue weighted by atomic mass is 32.2. The third kappa shape index (κ3) is 3.75. The van der Waals surface area contributed by atoms with Crippen LogP contribution in [0.4, 0.5) is 0 Å². The summed E-state index contributed by atoms with van der Waals surface area (Å²) in [5.41, 5.74) is 0.147. The number of benzene rings is 1. The molecule has 1 fully saturated rings. The van der Waals surface area contributed by atoms with E-state index >= 15 is 0 Å². The van der Waals surface area contributed by atoms with Crippen LogP contribution in [0, 0.1) is 17.2 Å². The molecule has 1 aromatic rings. The van der Waals surface area contributed by atoms with Gasteiger partial charge in [-0.15, -0.1) is 0 Å². The molecule has 0 radical (unpaired) electrons. The lowest BCUT2D eigenvalue weighted by atomic mass is 10.0. The second-order valence-electron chi connectivity index (χ2n) is 6.36. The summed E-state index contributed by atoms with van der Waals surface area (Å²) in [6, 6.07) is 8.15. The van der Waals surface area contributed by atoms with Crippen LogP contribution in [0.25, 0.3) is 0 Å². The van der Waals surface area contributed by atoms with Crippen LogP contribution >= 0.6 is 0 Å². The lowest BCUT2D eigenvalue weighted by Crippen LogP contribution is -2.50. The van der Waals surface area contributed by atoms with Crippen molar-refractivity contribution in [3.05, 3.63) is 42.0 Å². The summed E-state index contributed by atoms with van der Waals surface area (Å²) in [5.74, 6) is 0.405. The van der Waals surface area contributed by atoms with Gasteiger partial charge < -0.3 is 4.90 Å². The molecule has 132 valence electrons. The molecule has 1 aliphatic carbocycles. The van der Waals surface area contributed by atoms with Crippen molar-refractivity contribution in [1.82, 2.24) is 9.21 Å². The molecule has 25 heavy (non-hydrogen) atoms. The maximum absolute atomic E-state index is 12.8. The SMILES string of the molecule is N#Cc1ccccc1S(=O)(=O)N1CCN(C(=O)CC2C=CCC2)CC1. The average molecular weight is 359 g/mol. The number of sulfonamides is 1. The zero-order chi connectivity index (χ0) is 17.9. The molecule has 1 heterocycles. The second kappa shape index (κ2) is 7.38. The third-order valence-corrected chi connectivity index (χ3v) is 6.72. The number of carbonyl (C=O) groups is 1. The maximum atomic E-state index is 12.8. The highest BCUT2D eigenvalue weighted by Crippen LogP contribution is 2.23. The van der Waals surface area contributed by atoms with Gasteiger partial charge in [-0.25, -0.2) is 8.42 Å². The van der Waals surface area contributed by atoms with Gasteiger partial charge in [-0.3, -0.25) is 4.79 Å². The minimum Gasteiger partial charge on any atom is -0.340 e. The Morgan fingerprint density at radius 2 is 1.92 bits per heavy atom. The van der Waals surface area contributed by atoms with Gasteiger partial charge in [0.05, 0.1) is 10.5 Å². The first-order valence-electron chi connectivity index (χ1n) is 8.46. The van der Waals surface area contributed by atoms with Crippen molar-refractivity contribution in [2.45, 2.75) is 24.2 Å². The Bertz CT molecular complexity index is 818. The first-order valence-corrected chi connectivity index (χ1v) is 9.90. The zero-order valence-corrected chi connectivity index (χ0v) is 14.8. The Labute approximate surface area is 148 Å². The van der Waals surface area contributed by atoms with Crippen molar-refractivity contribution in [3.63, 3.8) is 0 Å². The quantitative estimate of drug-likeness (QED) is 0.767. The smallest absolute Gasteiger partial charge is 0.244 e. The number of nitrogens with zero attached hydrogens (tertiary/aromatic N) is 3. The summed E-state index contributed by atoms with van der Waals surface area (Å²) in [6.07, 6.45) is 6.75. The van der Waals surface area contributed by atoms with Crippen molar-refractivity contribution in [3.8, 4) is 6.07 Å². The predicted molar refractivity (Wildman–Crippen MR) is 93.0 cm³/mol. The number of carbonyl (C=O) groups excluding carboxylic acids is 1. The molecule has 6 nitrogen and oxygen atoms in total. The van der Waals surface area contributed by atoms with Crippen LogP contribution in [0.1, 0.15) is 24.8 Å². The maximum Gasteiger partial charge on any atom is 0.244 e. The van der Waals surface area contributed by atoms with E-state index in [9.17, 15) is 13.2 Å². The molecule has 2 aliphatic rings. The molecule has 7 heteroatoms. The Balaban J connectivity index is 1.64. The number of amides is 1. The van der Waals surface area contributed by atoms with E-state index in [-0.39, 0.29) is 29.5 Å². The molecule has 0 saturated carbocycles. The molecule has 0 bridgehead atoms. The topological polar surface area (TPSA) is 81.5 Å². The van der Waals surface area contributed by atoms with Gasteiger partial charge in [-0.1, -0.05) is 24.3 Å². The normalized spacial score (nSPS) is 21.2. The lowest BCUT2D eigenvalue weighted by molar-refractivity contribution is -0.133.